The summed E-state index contributed by atoms with van der Waals surface area (Å²) in [6, 6.07) is 3.90. The first-order valence-corrected chi connectivity index (χ1v) is 11.2. The van der Waals surface area contributed by atoms with Gasteiger partial charge in [0.1, 0.15) is 24.2 Å². The Morgan fingerprint density at radius 3 is 1.94 bits per heavy atom. The summed E-state index contributed by atoms with van der Waals surface area (Å²) in [4.78, 5) is 60.9. The van der Waals surface area contributed by atoms with Crippen LogP contribution < -0.4 is 27.4 Å². The van der Waals surface area contributed by atoms with Gasteiger partial charge < -0.3 is 37.6 Å². The number of benzene rings is 1. The minimum atomic E-state index is -1.38. The number of nitrogens with one attached hydrogen (secondary N) is 3. The molecule has 0 radical (unpaired) electrons. The van der Waals surface area contributed by atoms with Crippen molar-refractivity contribution in [2.45, 2.75) is 70.3 Å². The van der Waals surface area contributed by atoms with Gasteiger partial charge in [0.05, 0.1) is 6.10 Å². The van der Waals surface area contributed by atoms with Crippen LogP contribution in [0.1, 0.15) is 39.2 Å². The van der Waals surface area contributed by atoms with E-state index < -0.39 is 65.8 Å². The molecular weight excluding hydrogens is 458 g/mol. The summed E-state index contributed by atoms with van der Waals surface area (Å²) in [5, 5.41) is 26.4. The number of nitrogens with two attached hydrogens (primary N) is 2. The number of aliphatic hydroxyl groups is 1. The molecule has 35 heavy (non-hydrogen) atoms. The molecule has 0 aliphatic carbocycles. The Labute approximate surface area is 203 Å². The van der Waals surface area contributed by atoms with Crippen molar-refractivity contribution in [1.82, 2.24) is 16.0 Å². The summed E-state index contributed by atoms with van der Waals surface area (Å²) in [5.41, 5.74) is 11.5. The lowest BCUT2D eigenvalue weighted by Crippen LogP contribution is -2.59. The van der Waals surface area contributed by atoms with Crippen molar-refractivity contribution in [3.8, 4) is 0 Å². The first-order chi connectivity index (χ1) is 16.3. The van der Waals surface area contributed by atoms with Crippen LogP contribution in [0.4, 0.5) is 0 Å². The number of carboxylic acid groups (broad SMARTS) is 1. The van der Waals surface area contributed by atoms with Crippen molar-refractivity contribution >= 4 is 29.6 Å². The van der Waals surface area contributed by atoms with Crippen LogP contribution in [0, 0.1) is 5.92 Å². The fourth-order valence-corrected chi connectivity index (χ4v) is 3.14. The summed E-state index contributed by atoms with van der Waals surface area (Å²) >= 11 is 0. The number of amides is 4. The van der Waals surface area contributed by atoms with Crippen molar-refractivity contribution in [2.75, 3.05) is 0 Å². The van der Waals surface area contributed by atoms with E-state index in [1.807, 2.05) is 0 Å². The molecule has 0 spiro atoms. The van der Waals surface area contributed by atoms with Crippen molar-refractivity contribution in [1.29, 1.82) is 0 Å². The predicted octanol–water partition coefficient (Wildman–Crippen LogP) is -1.60. The number of primary amides is 1. The molecule has 0 saturated heterocycles. The van der Waals surface area contributed by atoms with E-state index in [1.165, 1.54) is 6.92 Å². The highest BCUT2D eigenvalue weighted by Gasteiger charge is 2.32. The van der Waals surface area contributed by atoms with Gasteiger partial charge in [-0.2, -0.15) is 0 Å². The maximum absolute atomic E-state index is 13.1. The Hall–Kier alpha value is -3.51. The second kappa shape index (κ2) is 14.0. The third-order valence-electron chi connectivity index (χ3n) is 5.28. The van der Waals surface area contributed by atoms with Gasteiger partial charge in [-0.25, -0.2) is 4.79 Å². The van der Waals surface area contributed by atoms with Crippen LogP contribution in [-0.4, -0.2) is 70.1 Å². The number of hydrogen-bond donors (Lipinski definition) is 7. The van der Waals surface area contributed by atoms with E-state index in [9.17, 15) is 34.2 Å². The zero-order chi connectivity index (χ0) is 26.7. The monoisotopic (exact) mass is 493 g/mol. The maximum atomic E-state index is 13.1. The van der Waals surface area contributed by atoms with Crippen LogP contribution in [0.25, 0.3) is 0 Å². The first-order valence-electron chi connectivity index (χ1n) is 11.2. The third kappa shape index (κ3) is 10.1. The van der Waals surface area contributed by atoms with Crippen molar-refractivity contribution in [3.05, 3.63) is 35.9 Å². The molecule has 1 aromatic carbocycles. The molecule has 0 aromatic heterocycles. The molecule has 12 heteroatoms. The van der Waals surface area contributed by atoms with Crippen LogP contribution in [0.15, 0.2) is 30.3 Å². The summed E-state index contributed by atoms with van der Waals surface area (Å²) < 4.78 is 0. The van der Waals surface area contributed by atoms with Gasteiger partial charge in [0.2, 0.25) is 23.6 Å². The molecule has 0 heterocycles. The Morgan fingerprint density at radius 2 is 1.46 bits per heavy atom. The highest BCUT2D eigenvalue weighted by molar-refractivity contribution is 5.94. The molecule has 5 unspecified atom stereocenters. The Balaban J connectivity index is 3.05. The summed E-state index contributed by atoms with van der Waals surface area (Å²) in [6.45, 7) is 4.64. The topological polar surface area (TPSA) is 214 Å². The fourth-order valence-electron chi connectivity index (χ4n) is 3.14. The average molecular weight is 494 g/mol. The summed E-state index contributed by atoms with van der Waals surface area (Å²) in [5.74, 6) is -4.73. The molecule has 0 saturated carbocycles. The lowest BCUT2D eigenvalue weighted by molar-refractivity contribution is -0.143. The first kappa shape index (κ1) is 29.5. The van der Waals surface area contributed by atoms with Crippen LogP contribution >= 0.6 is 0 Å². The molecule has 1 rings (SSSR count). The number of carboxylic acids is 1. The zero-order valence-electron chi connectivity index (χ0n) is 20.1. The molecule has 4 amide bonds. The molecule has 0 fully saturated rings. The van der Waals surface area contributed by atoms with Gasteiger partial charge in [-0.05, 0) is 24.8 Å². The van der Waals surface area contributed by atoms with E-state index in [2.05, 4.69) is 16.0 Å². The van der Waals surface area contributed by atoms with E-state index in [4.69, 9.17) is 11.5 Å². The van der Waals surface area contributed by atoms with Gasteiger partial charge in [0.25, 0.3) is 0 Å². The van der Waals surface area contributed by atoms with E-state index in [0.717, 1.165) is 5.56 Å². The van der Waals surface area contributed by atoms with Crippen LogP contribution in [0.5, 0.6) is 0 Å². The SMILES string of the molecule is CC(C)C(NC(=O)C(Cc1ccccc1)NC(=O)C(N)C(C)O)C(=O)NC(CCC(N)=O)C(=O)O. The smallest absolute Gasteiger partial charge is 0.326 e. The second-order valence-corrected chi connectivity index (χ2v) is 8.65. The molecule has 12 nitrogen and oxygen atoms in total. The van der Waals surface area contributed by atoms with E-state index >= 15 is 0 Å². The van der Waals surface area contributed by atoms with Gasteiger partial charge in [-0.1, -0.05) is 44.2 Å². The van der Waals surface area contributed by atoms with Crippen molar-refractivity contribution < 1.29 is 34.2 Å². The van der Waals surface area contributed by atoms with Crippen LogP contribution in [0.2, 0.25) is 0 Å². The normalized spacial score (nSPS) is 15.3. The van der Waals surface area contributed by atoms with Crippen molar-refractivity contribution in [3.63, 3.8) is 0 Å². The molecule has 0 aliphatic heterocycles. The number of carbonyl (C=O) groups is 5. The Morgan fingerprint density at radius 1 is 0.886 bits per heavy atom. The van der Waals surface area contributed by atoms with Gasteiger partial charge in [-0.3, -0.25) is 19.2 Å². The fraction of sp³-hybridized carbons (Fsp3) is 0.522. The molecule has 9 N–H and O–H groups in total. The lowest BCUT2D eigenvalue weighted by Gasteiger charge is -2.27. The summed E-state index contributed by atoms with van der Waals surface area (Å²) in [6.07, 6.45) is -1.53. The average Bonchev–Trinajstić information content (AvgIpc) is 2.78. The standard InChI is InChI=1S/C23H35N5O7/c1-12(2)19(22(33)26-15(23(34)35)9-10-17(24)30)28-20(31)16(11-14-7-5-4-6-8-14)27-21(32)18(25)13(3)29/h4-8,12-13,15-16,18-19,29H,9-11,25H2,1-3H3,(H2,24,30)(H,26,33)(H,27,32)(H,28,31)(H,34,35). The second-order valence-electron chi connectivity index (χ2n) is 8.65. The summed E-state index contributed by atoms with van der Waals surface area (Å²) in [7, 11) is 0. The molecule has 0 bridgehead atoms. The number of aliphatic carboxylic acids is 1. The van der Waals surface area contributed by atoms with E-state index in [1.54, 1.807) is 44.2 Å². The van der Waals surface area contributed by atoms with E-state index in [0.29, 0.717) is 0 Å². The molecule has 194 valence electrons. The van der Waals surface area contributed by atoms with Gasteiger partial charge in [0, 0.05) is 12.8 Å². The zero-order valence-corrected chi connectivity index (χ0v) is 20.1. The molecular formula is C23H35N5O7. The number of hydrogen-bond acceptors (Lipinski definition) is 7. The number of aliphatic hydroxyl groups excluding tert-OH is 1. The lowest BCUT2D eigenvalue weighted by atomic mass is 10.00. The molecule has 1 aromatic rings. The van der Waals surface area contributed by atoms with Crippen molar-refractivity contribution in [2.24, 2.45) is 17.4 Å². The van der Waals surface area contributed by atoms with E-state index in [-0.39, 0.29) is 19.3 Å². The molecule has 5 atom stereocenters. The van der Waals surface area contributed by atoms with Gasteiger partial charge in [0.15, 0.2) is 0 Å². The third-order valence-corrected chi connectivity index (χ3v) is 5.28. The van der Waals surface area contributed by atoms with Gasteiger partial charge >= 0.3 is 5.97 Å². The number of carbonyl (C=O) groups excluding carboxylic acids is 4. The largest absolute Gasteiger partial charge is 0.480 e. The predicted molar refractivity (Wildman–Crippen MR) is 126 cm³/mol. The Bertz CT molecular complexity index is 892. The Kier molecular flexibility index (Phi) is 11.8. The number of rotatable bonds is 14. The highest BCUT2D eigenvalue weighted by Crippen LogP contribution is 2.08. The quantitative estimate of drug-likeness (QED) is 0.160. The van der Waals surface area contributed by atoms with Crippen LogP contribution in [0.3, 0.4) is 0 Å². The maximum Gasteiger partial charge on any atom is 0.326 e. The minimum absolute atomic E-state index is 0.0771. The van der Waals surface area contributed by atoms with Crippen LogP contribution in [-0.2, 0) is 30.4 Å². The highest BCUT2D eigenvalue weighted by atomic mass is 16.4. The molecule has 0 aliphatic rings. The van der Waals surface area contributed by atoms with Gasteiger partial charge in [-0.15, -0.1) is 0 Å². The minimum Gasteiger partial charge on any atom is -0.480 e.